The topological polar surface area (TPSA) is 85.8 Å². The molecule has 4 rings (SSSR count). The molecule has 148 valence electrons. The fourth-order valence-corrected chi connectivity index (χ4v) is 3.99. The fourth-order valence-electron chi connectivity index (χ4n) is 3.05. The first kappa shape index (κ1) is 19.2. The lowest BCUT2D eigenvalue weighted by Crippen LogP contribution is -2.23. The number of fused-ring (bicyclic) bond motifs is 1. The molecule has 3 aromatic heterocycles. The number of aromatic nitrogens is 4. The molecule has 0 saturated heterocycles. The van der Waals surface area contributed by atoms with Gasteiger partial charge < -0.3 is 9.73 Å². The van der Waals surface area contributed by atoms with Gasteiger partial charge in [0.25, 0.3) is 0 Å². The lowest BCUT2D eigenvalue weighted by atomic mass is 10.2. The number of furan rings is 1. The molecule has 1 amide bonds. The van der Waals surface area contributed by atoms with E-state index in [1.807, 2.05) is 58.2 Å². The van der Waals surface area contributed by atoms with Gasteiger partial charge in [-0.25, -0.2) is 9.97 Å². The summed E-state index contributed by atoms with van der Waals surface area (Å²) in [6.45, 7) is 5.68. The van der Waals surface area contributed by atoms with E-state index in [9.17, 15) is 4.79 Å². The van der Waals surface area contributed by atoms with Gasteiger partial charge in [-0.15, -0.1) is 0 Å². The molecular weight excluding hydrogens is 386 g/mol. The van der Waals surface area contributed by atoms with E-state index in [-0.39, 0.29) is 11.2 Å². The highest BCUT2D eigenvalue weighted by atomic mass is 32.2. The van der Waals surface area contributed by atoms with Crippen LogP contribution in [0.25, 0.3) is 22.5 Å². The zero-order chi connectivity index (χ0) is 20.5. The predicted octanol–water partition coefficient (Wildman–Crippen LogP) is 4.36. The standard InChI is InChI=1S/C21H21N5O2S/c1-12-18(13(2)26(4)25-12)23-20(27)14(3)29-21-15-8-5-6-9-16(15)22-19(24-21)17-10-7-11-28-17/h5-11,14H,1-4H3,(H,23,27). The minimum atomic E-state index is -0.364. The van der Waals surface area contributed by atoms with Gasteiger partial charge in [-0.1, -0.05) is 30.0 Å². The van der Waals surface area contributed by atoms with E-state index in [1.54, 1.807) is 17.0 Å². The first-order valence-corrected chi connectivity index (χ1v) is 10.1. The number of carbonyl (C=O) groups is 1. The van der Waals surface area contributed by atoms with E-state index >= 15 is 0 Å². The molecule has 0 fully saturated rings. The molecule has 1 atom stereocenters. The van der Waals surface area contributed by atoms with Crippen LogP contribution in [-0.2, 0) is 11.8 Å². The summed E-state index contributed by atoms with van der Waals surface area (Å²) in [7, 11) is 1.86. The van der Waals surface area contributed by atoms with Crippen molar-refractivity contribution in [2.75, 3.05) is 5.32 Å². The maximum Gasteiger partial charge on any atom is 0.237 e. The molecule has 3 heterocycles. The minimum Gasteiger partial charge on any atom is -0.461 e. The van der Waals surface area contributed by atoms with Gasteiger partial charge in [-0.05, 0) is 39.0 Å². The summed E-state index contributed by atoms with van der Waals surface area (Å²) >= 11 is 1.40. The fraction of sp³-hybridized carbons (Fsp3) is 0.238. The van der Waals surface area contributed by atoms with Crippen molar-refractivity contribution in [3.05, 3.63) is 54.0 Å². The normalized spacial score (nSPS) is 12.3. The number of hydrogen-bond donors (Lipinski definition) is 1. The average Bonchev–Trinajstić information content (AvgIpc) is 3.32. The Balaban J connectivity index is 1.63. The highest BCUT2D eigenvalue weighted by Gasteiger charge is 2.21. The van der Waals surface area contributed by atoms with Crippen LogP contribution in [0.1, 0.15) is 18.3 Å². The SMILES string of the molecule is Cc1nn(C)c(C)c1NC(=O)C(C)Sc1nc(-c2ccco2)nc2ccccc12. The van der Waals surface area contributed by atoms with Crippen LogP contribution < -0.4 is 5.32 Å². The second kappa shape index (κ2) is 7.71. The molecule has 0 aliphatic heterocycles. The molecule has 0 spiro atoms. The van der Waals surface area contributed by atoms with Crippen LogP contribution in [-0.4, -0.2) is 30.9 Å². The molecule has 0 bridgehead atoms. The summed E-state index contributed by atoms with van der Waals surface area (Å²) in [6.07, 6.45) is 1.59. The molecular formula is C21H21N5O2S. The highest BCUT2D eigenvalue weighted by molar-refractivity contribution is 8.00. The maximum atomic E-state index is 12.8. The number of rotatable bonds is 5. The van der Waals surface area contributed by atoms with E-state index in [4.69, 9.17) is 4.42 Å². The summed E-state index contributed by atoms with van der Waals surface area (Å²) in [5, 5.41) is 8.64. The van der Waals surface area contributed by atoms with E-state index in [0.29, 0.717) is 11.6 Å². The van der Waals surface area contributed by atoms with Gasteiger partial charge >= 0.3 is 0 Å². The van der Waals surface area contributed by atoms with Crippen LogP contribution in [0.15, 0.2) is 52.1 Å². The molecule has 1 aromatic carbocycles. The van der Waals surface area contributed by atoms with Gasteiger partial charge in [-0.2, -0.15) is 5.10 Å². The monoisotopic (exact) mass is 407 g/mol. The van der Waals surface area contributed by atoms with Crippen LogP contribution in [0.3, 0.4) is 0 Å². The van der Waals surface area contributed by atoms with Gasteiger partial charge in [-0.3, -0.25) is 9.48 Å². The van der Waals surface area contributed by atoms with Gasteiger partial charge in [0.05, 0.1) is 34.1 Å². The van der Waals surface area contributed by atoms with Crippen molar-refractivity contribution in [3.8, 4) is 11.6 Å². The maximum absolute atomic E-state index is 12.8. The molecule has 1 N–H and O–H groups in total. The predicted molar refractivity (Wildman–Crippen MR) is 114 cm³/mol. The highest BCUT2D eigenvalue weighted by Crippen LogP contribution is 2.31. The summed E-state index contributed by atoms with van der Waals surface area (Å²) in [6, 6.07) is 11.4. The van der Waals surface area contributed by atoms with E-state index in [2.05, 4.69) is 20.4 Å². The largest absolute Gasteiger partial charge is 0.461 e. The Morgan fingerprint density at radius 3 is 2.66 bits per heavy atom. The number of hydrogen-bond acceptors (Lipinski definition) is 6. The summed E-state index contributed by atoms with van der Waals surface area (Å²) in [5.74, 6) is 0.996. The third-order valence-electron chi connectivity index (χ3n) is 4.72. The molecule has 0 aliphatic rings. The second-order valence-corrected chi connectivity index (χ2v) is 8.10. The van der Waals surface area contributed by atoms with Crippen molar-refractivity contribution in [2.24, 2.45) is 7.05 Å². The third-order valence-corrected chi connectivity index (χ3v) is 5.83. The number of benzene rings is 1. The van der Waals surface area contributed by atoms with Crippen LogP contribution >= 0.6 is 11.8 Å². The van der Waals surface area contributed by atoms with Crippen molar-refractivity contribution in [3.63, 3.8) is 0 Å². The summed E-state index contributed by atoms with van der Waals surface area (Å²) in [5.41, 5.74) is 3.28. The van der Waals surface area contributed by atoms with Gasteiger partial charge in [0.2, 0.25) is 5.91 Å². The zero-order valence-corrected chi connectivity index (χ0v) is 17.4. The van der Waals surface area contributed by atoms with E-state index in [0.717, 1.165) is 33.0 Å². The molecule has 0 radical (unpaired) electrons. The van der Waals surface area contributed by atoms with Gasteiger partial charge in [0.1, 0.15) is 5.03 Å². The van der Waals surface area contributed by atoms with Crippen LogP contribution in [0.2, 0.25) is 0 Å². The van der Waals surface area contributed by atoms with Crippen molar-refractivity contribution in [1.82, 2.24) is 19.7 Å². The van der Waals surface area contributed by atoms with Crippen molar-refractivity contribution >= 4 is 34.3 Å². The summed E-state index contributed by atoms with van der Waals surface area (Å²) in [4.78, 5) is 22.1. The lowest BCUT2D eigenvalue weighted by molar-refractivity contribution is -0.115. The number of anilines is 1. The smallest absolute Gasteiger partial charge is 0.237 e. The number of amides is 1. The Morgan fingerprint density at radius 2 is 1.97 bits per heavy atom. The van der Waals surface area contributed by atoms with E-state index in [1.165, 1.54) is 11.8 Å². The Hall–Kier alpha value is -3.13. The lowest BCUT2D eigenvalue weighted by Gasteiger charge is -2.13. The Labute approximate surface area is 172 Å². The molecule has 8 heteroatoms. The average molecular weight is 407 g/mol. The molecule has 29 heavy (non-hydrogen) atoms. The quantitative estimate of drug-likeness (QED) is 0.391. The second-order valence-electron chi connectivity index (χ2n) is 6.77. The van der Waals surface area contributed by atoms with Gasteiger partial charge in [0.15, 0.2) is 11.6 Å². The molecule has 1 unspecified atom stereocenters. The first-order valence-electron chi connectivity index (χ1n) is 9.22. The van der Waals surface area contributed by atoms with Crippen molar-refractivity contribution in [1.29, 1.82) is 0 Å². The number of para-hydroxylation sites is 1. The number of nitrogens with zero attached hydrogens (tertiary/aromatic N) is 4. The van der Waals surface area contributed by atoms with Crippen molar-refractivity contribution in [2.45, 2.75) is 31.0 Å². The number of nitrogens with one attached hydrogen (secondary N) is 1. The Bertz CT molecular complexity index is 1180. The summed E-state index contributed by atoms with van der Waals surface area (Å²) < 4.78 is 7.22. The van der Waals surface area contributed by atoms with E-state index < -0.39 is 0 Å². The molecule has 4 aromatic rings. The van der Waals surface area contributed by atoms with Crippen molar-refractivity contribution < 1.29 is 9.21 Å². The number of aryl methyl sites for hydroxylation is 2. The van der Waals surface area contributed by atoms with Crippen LogP contribution in [0.5, 0.6) is 0 Å². The minimum absolute atomic E-state index is 0.101. The number of carbonyl (C=O) groups excluding carboxylic acids is 1. The third kappa shape index (κ3) is 3.75. The zero-order valence-electron chi connectivity index (χ0n) is 16.6. The molecule has 7 nitrogen and oxygen atoms in total. The first-order chi connectivity index (χ1) is 13.9. The molecule has 0 aliphatic carbocycles. The van der Waals surface area contributed by atoms with Crippen LogP contribution in [0.4, 0.5) is 5.69 Å². The number of thioether (sulfide) groups is 1. The Kier molecular flexibility index (Phi) is 5.10. The van der Waals surface area contributed by atoms with Gasteiger partial charge in [0, 0.05) is 12.4 Å². The molecule has 0 saturated carbocycles. The van der Waals surface area contributed by atoms with Crippen LogP contribution in [0, 0.1) is 13.8 Å². The Morgan fingerprint density at radius 1 is 1.17 bits per heavy atom.